The van der Waals surface area contributed by atoms with Gasteiger partial charge >= 0.3 is 59.1 Å². The molecule has 0 saturated carbocycles. The van der Waals surface area contributed by atoms with Crippen molar-refractivity contribution in [2.45, 2.75) is 64.0 Å². The summed E-state index contributed by atoms with van der Waals surface area (Å²) in [6.07, 6.45) is 1.20. The second-order valence-electron chi connectivity index (χ2n) is 5.37. The van der Waals surface area contributed by atoms with Crippen LogP contribution >= 0.6 is 0 Å². The van der Waals surface area contributed by atoms with Gasteiger partial charge in [-0.3, -0.25) is 4.55 Å². The molecular formula is C13H22Na2O7S. The van der Waals surface area contributed by atoms with Crippen molar-refractivity contribution in [3.63, 3.8) is 0 Å². The van der Waals surface area contributed by atoms with Crippen LogP contribution in [0.4, 0.5) is 0 Å². The van der Waals surface area contributed by atoms with E-state index in [1.165, 1.54) is 0 Å². The van der Waals surface area contributed by atoms with Crippen molar-refractivity contribution in [3.05, 3.63) is 0 Å². The van der Waals surface area contributed by atoms with Gasteiger partial charge in [0.2, 0.25) is 0 Å². The van der Waals surface area contributed by atoms with Crippen molar-refractivity contribution < 1.29 is 91.9 Å². The molecule has 0 aromatic rings. The molecule has 0 aliphatic rings. The molecule has 7 nitrogen and oxygen atoms in total. The smallest absolute Gasteiger partial charge is 0.549 e. The first-order valence-corrected chi connectivity index (χ1v) is 8.35. The Hall–Kier alpha value is 0.850. The molecule has 1 atom stereocenters. The van der Waals surface area contributed by atoms with E-state index in [1.807, 2.05) is 0 Å². The Morgan fingerprint density at radius 1 is 0.957 bits per heavy atom. The molecule has 0 radical (unpaired) electrons. The second kappa shape index (κ2) is 11.5. The molecule has 0 fully saturated rings. The molecule has 23 heavy (non-hydrogen) atoms. The van der Waals surface area contributed by atoms with Gasteiger partial charge in [0, 0.05) is 11.4 Å². The Kier molecular flexibility index (Phi) is 14.3. The second-order valence-corrected chi connectivity index (χ2v) is 7.14. The summed E-state index contributed by atoms with van der Waals surface area (Å²) in [4.78, 5) is 23.1. The molecular weight excluding hydrogens is 346 g/mol. The Bertz CT molecular complexity index is 485. The van der Waals surface area contributed by atoms with Crippen LogP contribution in [0.1, 0.15) is 59.3 Å². The SMILES string of the molecule is CCCCC(CCCC)(C(=O)[O-])C(C)(C(=O)[O-])S(=O)(=O)O.[Na+].[Na+]. The topological polar surface area (TPSA) is 135 Å². The fourth-order valence-corrected chi connectivity index (χ4v) is 3.50. The molecule has 0 heterocycles. The third-order valence-corrected chi connectivity index (χ3v) is 5.71. The maximum Gasteiger partial charge on any atom is 1.00 e. The molecule has 0 spiro atoms. The van der Waals surface area contributed by atoms with Gasteiger partial charge in [0.15, 0.2) is 0 Å². The standard InChI is InChI=1S/C13H24O7S.2Na/c1-4-6-8-13(11(16)17,9-7-5-2)12(3,10(14)15)21(18,19)20;;/h4-9H2,1-3H3,(H,14,15)(H,16,17)(H,18,19,20);;/q;2*+1/p-2. The summed E-state index contributed by atoms with van der Waals surface area (Å²) < 4.78 is 29.6. The zero-order chi connectivity index (χ0) is 16.9. The van der Waals surface area contributed by atoms with Crippen molar-refractivity contribution in [2.24, 2.45) is 5.41 Å². The number of rotatable bonds is 10. The van der Waals surface area contributed by atoms with E-state index in [2.05, 4.69) is 0 Å². The summed E-state index contributed by atoms with van der Waals surface area (Å²) >= 11 is 0. The predicted octanol–water partition coefficient (Wildman–Crippen LogP) is -6.49. The fraction of sp³-hybridized carbons (Fsp3) is 0.846. The van der Waals surface area contributed by atoms with Gasteiger partial charge in [-0.05, 0) is 19.8 Å². The van der Waals surface area contributed by atoms with Crippen LogP contribution in [0.2, 0.25) is 0 Å². The van der Waals surface area contributed by atoms with Crippen LogP contribution in [0, 0.1) is 5.41 Å². The van der Waals surface area contributed by atoms with E-state index >= 15 is 0 Å². The van der Waals surface area contributed by atoms with E-state index < -0.39 is 32.2 Å². The van der Waals surface area contributed by atoms with Crippen LogP contribution in [-0.4, -0.2) is 29.7 Å². The minimum Gasteiger partial charge on any atom is -0.549 e. The number of carboxylic acids is 2. The van der Waals surface area contributed by atoms with Crippen LogP contribution in [0.5, 0.6) is 0 Å². The molecule has 0 rings (SSSR count). The average Bonchev–Trinajstić information content (AvgIpc) is 2.36. The van der Waals surface area contributed by atoms with Crippen molar-refractivity contribution in [1.29, 1.82) is 0 Å². The number of hydrogen-bond acceptors (Lipinski definition) is 6. The van der Waals surface area contributed by atoms with E-state index in [9.17, 15) is 32.8 Å². The molecule has 0 aliphatic carbocycles. The van der Waals surface area contributed by atoms with E-state index in [0.717, 1.165) is 0 Å². The maximum atomic E-state index is 11.7. The van der Waals surface area contributed by atoms with Crippen LogP contribution in [0.15, 0.2) is 0 Å². The van der Waals surface area contributed by atoms with Gasteiger partial charge in [-0.25, -0.2) is 0 Å². The van der Waals surface area contributed by atoms with Gasteiger partial charge in [-0.2, -0.15) is 8.42 Å². The van der Waals surface area contributed by atoms with E-state index in [1.54, 1.807) is 13.8 Å². The van der Waals surface area contributed by atoms with E-state index in [-0.39, 0.29) is 84.8 Å². The summed E-state index contributed by atoms with van der Waals surface area (Å²) in [7, 11) is -5.21. The Labute approximate surface area is 181 Å². The fourth-order valence-electron chi connectivity index (χ4n) is 2.51. The summed E-state index contributed by atoms with van der Waals surface area (Å²) in [5, 5.41) is 23.1. The van der Waals surface area contributed by atoms with Crippen LogP contribution in [-0.2, 0) is 19.7 Å². The Balaban J connectivity index is -0.00000200. The number of carbonyl (C=O) groups is 2. The normalized spacial score (nSPS) is 14.1. The maximum absolute atomic E-state index is 11.7. The quantitative estimate of drug-likeness (QED) is 0.299. The van der Waals surface area contributed by atoms with Crippen molar-refractivity contribution in [3.8, 4) is 0 Å². The third-order valence-electron chi connectivity index (χ3n) is 4.12. The van der Waals surface area contributed by atoms with Crippen molar-refractivity contribution in [1.82, 2.24) is 0 Å². The third kappa shape index (κ3) is 5.95. The molecule has 0 bridgehead atoms. The van der Waals surface area contributed by atoms with Crippen LogP contribution < -0.4 is 69.3 Å². The average molecular weight is 368 g/mol. The monoisotopic (exact) mass is 368 g/mol. The molecule has 10 heteroatoms. The number of aliphatic carboxylic acids is 2. The number of hydrogen-bond donors (Lipinski definition) is 1. The minimum absolute atomic E-state index is 0. The van der Waals surface area contributed by atoms with Crippen LogP contribution in [0.3, 0.4) is 0 Å². The zero-order valence-electron chi connectivity index (χ0n) is 14.5. The van der Waals surface area contributed by atoms with E-state index in [0.29, 0.717) is 19.8 Å². The van der Waals surface area contributed by atoms with E-state index in [4.69, 9.17) is 0 Å². The first-order valence-electron chi connectivity index (χ1n) is 6.91. The molecule has 1 unspecified atom stereocenters. The Morgan fingerprint density at radius 2 is 1.30 bits per heavy atom. The molecule has 0 aromatic carbocycles. The molecule has 0 aliphatic heterocycles. The van der Waals surface area contributed by atoms with Gasteiger partial charge in [-0.1, -0.05) is 39.5 Å². The first kappa shape index (κ1) is 28.6. The number of unbranched alkanes of at least 4 members (excludes halogenated alkanes) is 2. The van der Waals surface area contributed by atoms with Gasteiger partial charge in [-0.15, -0.1) is 0 Å². The Morgan fingerprint density at radius 3 is 1.48 bits per heavy atom. The van der Waals surface area contributed by atoms with Gasteiger partial charge < -0.3 is 19.8 Å². The number of carboxylic acid groups (broad SMARTS) is 2. The minimum atomic E-state index is -5.21. The van der Waals surface area contributed by atoms with Gasteiger partial charge in [0.05, 0.1) is 5.97 Å². The summed E-state index contributed by atoms with van der Waals surface area (Å²) in [5.74, 6) is -3.94. The largest absolute Gasteiger partial charge is 1.00 e. The molecule has 0 aromatic heterocycles. The van der Waals surface area contributed by atoms with Crippen molar-refractivity contribution >= 4 is 22.1 Å². The van der Waals surface area contributed by atoms with Gasteiger partial charge in [0.1, 0.15) is 4.75 Å². The van der Waals surface area contributed by atoms with Crippen molar-refractivity contribution in [2.75, 3.05) is 0 Å². The first-order chi connectivity index (χ1) is 9.51. The zero-order valence-corrected chi connectivity index (χ0v) is 19.4. The predicted molar refractivity (Wildman–Crippen MR) is 71.5 cm³/mol. The molecule has 1 N–H and O–H groups in total. The molecule has 124 valence electrons. The molecule has 0 amide bonds. The number of carbonyl (C=O) groups excluding carboxylic acids is 2. The molecule has 0 saturated heterocycles. The summed E-state index contributed by atoms with van der Waals surface area (Å²) in [5.41, 5.74) is -2.23. The van der Waals surface area contributed by atoms with Gasteiger partial charge in [0.25, 0.3) is 10.1 Å². The summed E-state index contributed by atoms with van der Waals surface area (Å²) in [6, 6.07) is 0. The summed E-state index contributed by atoms with van der Waals surface area (Å²) in [6.45, 7) is 4.19. The van der Waals surface area contributed by atoms with Crippen LogP contribution in [0.25, 0.3) is 0 Å².